The highest BCUT2D eigenvalue weighted by Crippen LogP contribution is 2.16. The van der Waals surface area contributed by atoms with Gasteiger partial charge in [0.15, 0.2) is 0 Å². The molecule has 0 spiro atoms. The number of rotatable bonds is 4. The van der Waals surface area contributed by atoms with Crippen molar-refractivity contribution in [2.75, 3.05) is 12.3 Å². The lowest BCUT2D eigenvalue weighted by atomic mass is 10.1. The van der Waals surface area contributed by atoms with E-state index in [9.17, 15) is 9.18 Å². The number of anilines is 1. The van der Waals surface area contributed by atoms with Crippen molar-refractivity contribution in [1.29, 1.82) is 0 Å². The van der Waals surface area contributed by atoms with Crippen molar-refractivity contribution in [3.05, 3.63) is 29.6 Å². The molecule has 94 valence electrons. The summed E-state index contributed by atoms with van der Waals surface area (Å²) < 4.78 is 13.6. The van der Waals surface area contributed by atoms with Gasteiger partial charge in [-0.2, -0.15) is 0 Å². The molecule has 0 bridgehead atoms. The maximum absolute atomic E-state index is 13.6. The van der Waals surface area contributed by atoms with Crippen LogP contribution < -0.4 is 5.73 Å². The van der Waals surface area contributed by atoms with Crippen LogP contribution in [0, 0.1) is 5.82 Å². The molecule has 0 saturated heterocycles. The van der Waals surface area contributed by atoms with E-state index in [1.165, 1.54) is 12.1 Å². The summed E-state index contributed by atoms with van der Waals surface area (Å²) in [6.07, 6.45) is 0.843. The van der Waals surface area contributed by atoms with Gasteiger partial charge in [0.05, 0.1) is 5.56 Å². The average molecular weight is 238 g/mol. The third-order valence-electron chi connectivity index (χ3n) is 2.95. The number of carbonyl (C=O) groups is 1. The highest BCUT2D eigenvalue weighted by Gasteiger charge is 2.21. The van der Waals surface area contributed by atoms with Gasteiger partial charge in [-0.1, -0.05) is 6.92 Å². The number of halogens is 1. The van der Waals surface area contributed by atoms with Crippen LogP contribution in [-0.2, 0) is 0 Å². The molecule has 1 atom stereocenters. The van der Waals surface area contributed by atoms with Crippen LogP contribution >= 0.6 is 0 Å². The second-order valence-corrected chi connectivity index (χ2v) is 4.09. The topological polar surface area (TPSA) is 46.3 Å². The summed E-state index contributed by atoms with van der Waals surface area (Å²) in [6, 6.07) is 4.26. The number of nitrogen functional groups attached to an aromatic ring is 1. The summed E-state index contributed by atoms with van der Waals surface area (Å²) in [5.74, 6) is -0.837. The second-order valence-electron chi connectivity index (χ2n) is 4.09. The Morgan fingerprint density at radius 1 is 1.47 bits per heavy atom. The summed E-state index contributed by atoms with van der Waals surface area (Å²) in [5, 5.41) is 0. The van der Waals surface area contributed by atoms with Gasteiger partial charge in [0.2, 0.25) is 0 Å². The molecule has 4 heteroatoms. The second kappa shape index (κ2) is 5.66. The van der Waals surface area contributed by atoms with Crippen LogP contribution in [-0.4, -0.2) is 23.4 Å². The normalized spacial score (nSPS) is 12.2. The third-order valence-corrected chi connectivity index (χ3v) is 2.95. The first-order valence-electron chi connectivity index (χ1n) is 5.87. The molecule has 17 heavy (non-hydrogen) atoms. The van der Waals surface area contributed by atoms with Crippen LogP contribution in [0.5, 0.6) is 0 Å². The molecule has 2 N–H and O–H groups in total. The smallest absolute Gasteiger partial charge is 0.257 e. The van der Waals surface area contributed by atoms with Crippen molar-refractivity contribution in [2.45, 2.75) is 33.2 Å². The Morgan fingerprint density at radius 2 is 2.12 bits per heavy atom. The van der Waals surface area contributed by atoms with Gasteiger partial charge in [-0.25, -0.2) is 4.39 Å². The molecule has 0 aliphatic carbocycles. The SMILES string of the molecule is CCC(C)N(CC)C(=O)c1ccc(N)cc1F. The number of benzene rings is 1. The van der Waals surface area contributed by atoms with E-state index in [2.05, 4.69) is 0 Å². The minimum atomic E-state index is -0.559. The summed E-state index contributed by atoms with van der Waals surface area (Å²) >= 11 is 0. The van der Waals surface area contributed by atoms with Crippen molar-refractivity contribution in [1.82, 2.24) is 4.90 Å². The molecule has 1 unspecified atom stereocenters. The fourth-order valence-corrected chi connectivity index (χ4v) is 1.74. The van der Waals surface area contributed by atoms with Gasteiger partial charge in [-0.05, 0) is 38.5 Å². The van der Waals surface area contributed by atoms with Gasteiger partial charge < -0.3 is 10.6 Å². The van der Waals surface area contributed by atoms with Gasteiger partial charge >= 0.3 is 0 Å². The largest absolute Gasteiger partial charge is 0.399 e. The predicted molar refractivity (Wildman–Crippen MR) is 67.3 cm³/mol. The van der Waals surface area contributed by atoms with Gasteiger partial charge in [-0.15, -0.1) is 0 Å². The number of amides is 1. The van der Waals surface area contributed by atoms with Crippen molar-refractivity contribution in [2.24, 2.45) is 0 Å². The molecular formula is C13H19FN2O. The lowest BCUT2D eigenvalue weighted by molar-refractivity contribution is 0.0695. The Labute approximate surface area is 101 Å². The Bertz CT molecular complexity index is 406. The van der Waals surface area contributed by atoms with Gasteiger partial charge in [0.1, 0.15) is 5.82 Å². The van der Waals surface area contributed by atoms with Gasteiger partial charge in [0, 0.05) is 18.3 Å². The standard InChI is InChI=1S/C13H19FN2O/c1-4-9(3)16(5-2)13(17)11-7-6-10(15)8-12(11)14/h6-9H,4-5,15H2,1-3H3. The fourth-order valence-electron chi connectivity index (χ4n) is 1.74. The molecule has 0 fully saturated rings. The van der Waals surface area contributed by atoms with Crippen LogP contribution in [0.1, 0.15) is 37.6 Å². The first-order chi connectivity index (χ1) is 8.01. The van der Waals surface area contributed by atoms with E-state index in [4.69, 9.17) is 5.73 Å². The Hall–Kier alpha value is -1.58. The van der Waals surface area contributed by atoms with Crippen molar-refractivity contribution in [3.8, 4) is 0 Å². The molecule has 3 nitrogen and oxygen atoms in total. The first-order valence-corrected chi connectivity index (χ1v) is 5.87. The highest BCUT2D eigenvalue weighted by atomic mass is 19.1. The fraction of sp³-hybridized carbons (Fsp3) is 0.462. The molecule has 1 rings (SSSR count). The Morgan fingerprint density at radius 3 is 2.59 bits per heavy atom. The molecule has 0 saturated carbocycles. The molecule has 0 aliphatic heterocycles. The predicted octanol–water partition coefficient (Wildman–Crippen LogP) is 2.67. The molecule has 0 radical (unpaired) electrons. The molecule has 0 aromatic heterocycles. The third kappa shape index (κ3) is 2.96. The molecule has 0 heterocycles. The maximum Gasteiger partial charge on any atom is 0.257 e. The summed E-state index contributed by atoms with van der Waals surface area (Å²) in [5.41, 5.74) is 5.87. The van der Waals surface area contributed by atoms with Gasteiger partial charge in [0.25, 0.3) is 5.91 Å². The van der Waals surface area contributed by atoms with Crippen LogP contribution in [0.3, 0.4) is 0 Å². The van der Waals surface area contributed by atoms with E-state index in [1.807, 2.05) is 20.8 Å². The highest BCUT2D eigenvalue weighted by molar-refractivity contribution is 5.95. The lowest BCUT2D eigenvalue weighted by Gasteiger charge is -2.27. The lowest BCUT2D eigenvalue weighted by Crippen LogP contribution is -2.38. The monoisotopic (exact) mass is 238 g/mol. The zero-order chi connectivity index (χ0) is 13.0. The van der Waals surface area contributed by atoms with Gasteiger partial charge in [-0.3, -0.25) is 4.79 Å². The minimum absolute atomic E-state index is 0.0846. The minimum Gasteiger partial charge on any atom is -0.399 e. The molecule has 1 aromatic carbocycles. The van der Waals surface area contributed by atoms with E-state index in [0.717, 1.165) is 6.42 Å². The van der Waals surface area contributed by atoms with Crippen molar-refractivity contribution in [3.63, 3.8) is 0 Å². The molecular weight excluding hydrogens is 219 g/mol. The number of hydrogen-bond donors (Lipinski definition) is 1. The van der Waals surface area contributed by atoms with E-state index in [0.29, 0.717) is 12.2 Å². The Kier molecular flexibility index (Phi) is 4.49. The van der Waals surface area contributed by atoms with E-state index < -0.39 is 5.82 Å². The average Bonchev–Trinajstić information content (AvgIpc) is 2.29. The Balaban J connectivity index is 3.02. The number of nitrogens with two attached hydrogens (primary N) is 1. The zero-order valence-electron chi connectivity index (χ0n) is 10.5. The van der Waals surface area contributed by atoms with E-state index >= 15 is 0 Å². The zero-order valence-corrected chi connectivity index (χ0v) is 10.5. The van der Waals surface area contributed by atoms with Crippen molar-refractivity contribution < 1.29 is 9.18 Å². The molecule has 0 aliphatic rings. The number of carbonyl (C=O) groups excluding carboxylic acids is 1. The number of nitrogens with zero attached hydrogens (tertiary/aromatic N) is 1. The maximum atomic E-state index is 13.6. The van der Waals surface area contributed by atoms with E-state index in [-0.39, 0.29) is 17.5 Å². The molecule has 1 aromatic rings. The number of hydrogen-bond acceptors (Lipinski definition) is 2. The summed E-state index contributed by atoms with van der Waals surface area (Å²) in [7, 11) is 0. The van der Waals surface area contributed by atoms with Crippen molar-refractivity contribution >= 4 is 11.6 Å². The first kappa shape index (κ1) is 13.5. The quantitative estimate of drug-likeness (QED) is 0.820. The van der Waals surface area contributed by atoms with Crippen LogP contribution in [0.2, 0.25) is 0 Å². The van der Waals surface area contributed by atoms with Crippen LogP contribution in [0.4, 0.5) is 10.1 Å². The summed E-state index contributed by atoms with van der Waals surface area (Å²) in [6.45, 7) is 6.41. The van der Waals surface area contributed by atoms with Crippen LogP contribution in [0.25, 0.3) is 0 Å². The van der Waals surface area contributed by atoms with E-state index in [1.54, 1.807) is 11.0 Å². The van der Waals surface area contributed by atoms with Crippen LogP contribution in [0.15, 0.2) is 18.2 Å². The summed E-state index contributed by atoms with van der Waals surface area (Å²) in [4.78, 5) is 13.8. The molecule has 1 amide bonds.